The number of aromatic nitrogens is 1. The second kappa shape index (κ2) is 7.78. The van der Waals surface area contributed by atoms with Gasteiger partial charge in [-0.05, 0) is 77.7 Å². The lowest BCUT2D eigenvalue weighted by Gasteiger charge is -2.12. The topological polar surface area (TPSA) is 78.9 Å². The third kappa shape index (κ3) is 3.46. The van der Waals surface area contributed by atoms with Gasteiger partial charge < -0.3 is 14.6 Å². The summed E-state index contributed by atoms with van der Waals surface area (Å²) in [5, 5.41) is 21.4. The molecule has 0 atom stereocenters. The van der Waals surface area contributed by atoms with Crippen molar-refractivity contribution in [2.24, 2.45) is 4.99 Å². The van der Waals surface area contributed by atoms with Crippen LogP contribution in [0.5, 0.6) is 11.5 Å². The van der Waals surface area contributed by atoms with E-state index < -0.39 is 0 Å². The summed E-state index contributed by atoms with van der Waals surface area (Å²) in [4.78, 5) is 8.99. The molecule has 152 valence electrons. The fraction of sp³-hybridized carbons (Fsp3) is 0.130. The Morgan fingerprint density at radius 3 is 2.60 bits per heavy atom. The Morgan fingerprint density at radius 1 is 1.10 bits per heavy atom. The molecule has 0 bridgehead atoms. The number of aliphatic imine (C=N–C) groups is 1. The number of oxazole rings is 1. The van der Waals surface area contributed by atoms with Gasteiger partial charge in [-0.2, -0.15) is 0 Å². The van der Waals surface area contributed by atoms with Crippen LogP contribution in [0.1, 0.15) is 22.3 Å². The molecular weight excluding hydrogens is 468 g/mol. The first kappa shape index (κ1) is 20.4. The number of benzene rings is 3. The van der Waals surface area contributed by atoms with Crippen LogP contribution in [0.4, 0.5) is 5.69 Å². The van der Waals surface area contributed by atoms with Crippen LogP contribution in [0.3, 0.4) is 0 Å². The predicted molar refractivity (Wildman–Crippen MR) is 123 cm³/mol. The van der Waals surface area contributed by atoms with Crippen molar-refractivity contribution in [2.75, 3.05) is 0 Å². The minimum Gasteiger partial charge on any atom is -0.507 e. The van der Waals surface area contributed by atoms with Crippen molar-refractivity contribution in [2.45, 2.75) is 20.8 Å². The van der Waals surface area contributed by atoms with Crippen LogP contribution in [0.25, 0.3) is 22.6 Å². The van der Waals surface area contributed by atoms with Crippen molar-refractivity contribution >= 4 is 50.5 Å². The van der Waals surface area contributed by atoms with Gasteiger partial charge in [-0.15, -0.1) is 0 Å². The normalized spacial score (nSPS) is 11.6. The number of fused-ring (bicyclic) bond motifs is 1. The number of para-hydroxylation sites is 1. The van der Waals surface area contributed by atoms with E-state index in [9.17, 15) is 10.2 Å². The summed E-state index contributed by atoms with van der Waals surface area (Å²) in [6.07, 6.45) is 1.55. The highest BCUT2D eigenvalue weighted by Crippen LogP contribution is 2.39. The van der Waals surface area contributed by atoms with Gasteiger partial charge in [0, 0.05) is 16.8 Å². The summed E-state index contributed by atoms with van der Waals surface area (Å²) in [5.74, 6) is 0.430. The zero-order valence-electron chi connectivity index (χ0n) is 16.5. The standard InChI is InChI=1S/C23H18BrClN2O3/c1-11-5-4-6-18-21(11)27-23(30-18)15-9-14(7-8-17(15)28)26-10-16-12(2)20(25)13(3)19(24)22(16)29/h4-10,28-29H,1-3H3. The molecule has 0 aliphatic rings. The van der Waals surface area contributed by atoms with Gasteiger partial charge in [0.25, 0.3) is 0 Å². The van der Waals surface area contributed by atoms with Crippen molar-refractivity contribution in [3.05, 3.63) is 68.1 Å². The largest absolute Gasteiger partial charge is 0.507 e. The molecule has 30 heavy (non-hydrogen) atoms. The molecule has 2 N–H and O–H groups in total. The lowest BCUT2D eigenvalue weighted by atomic mass is 10.0. The molecule has 0 spiro atoms. The van der Waals surface area contributed by atoms with Gasteiger partial charge in [0.15, 0.2) is 5.58 Å². The van der Waals surface area contributed by atoms with E-state index in [4.69, 9.17) is 16.0 Å². The molecule has 1 heterocycles. The van der Waals surface area contributed by atoms with E-state index in [0.717, 1.165) is 22.2 Å². The summed E-state index contributed by atoms with van der Waals surface area (Å²) in [5.41, 5.74) is 5.40. The SMILES string of the molecule is Cc1c(Cl)c(C)c(C=Nc2ccc(O)c(-c3nc4c(C)cccc4o3)c2)c(O)c1Br. The van der Waals surface area contributed by atoms with Crippen molar-refractivity contribution in [1.29, 1.82) is 0 Å². The maximum atomic E-state index is 10.5. The molecule has 3 aromatic carbocycles. The highest BCUT2D eigenvalue weighted by molar-refractivity contribution is 9.10. The zero-order valence-corrected chi connectivity index (χ0v) is 18.8. The number of phenolic OH excluding ortho intramolecular Hbond substituents is 2. The van der Waals surface area contributed by atoms with Crippen LogP contribution in [0, 0.1) is 20.8 Å². The molecule has 0 unspecified atom stereocenters. The van der Waals surface area contributed by atoms with E-state index in [2.05, 4.69) is 25.9 Å². The maximum absolute atomic E-state index is 10.5. The minimum atomic E-state index is 0.0401. The molecule has 0 amide bonds. The summed E-state index contributed by atoms with van der Waals surface area (Å²) < 4.78 is 6.36. The summed E-state index contributed by atoms with van der Waals surface area (Å²) >= 11 is 9.73. The van der Waals surface area contributed by atoms with Crippen LogP contribution >= 0.6 is 27.5 Å². The van der Waals surface area contributed by atoms with E-state index >= 15 is 0 Å². The molecule has 0 saturated carbocycles. The second-order valence-corrected chi connectivity index (χ2v) is 8.21. The van der Waals surface area contributed by atoms with Gasteiger partial charge in [0.1, 0.15) is 17.0 Å². The molecule has 1 aromatic heterocycles. The van der Waals surface area contributed by atoms with Gasteiger partial charge >= 0.3 is 0 Å². The van der Waals surface area contributed by atoms with E-state index in [0.29, 0.717) is 37.8 Å². The molecule has 0 radical (unpaired) electrons. The molecule has 4 aromatic rings. The van der Waals surface area contributed by atoms with Crippen molar-refractivity contribution in [1.82, 2.24) is 4.98 Å². The highest BCUT2D eigenvalue weighted by Gasteiger charge is 2.16. The summed E-state index contributed by atoms with van der Waals surface area (Å²) in [6, 6.07) is 10.6. The number of aryl methyl sites for hydroxylation is 1. The Bertz CT molecular complexity index is 1300. The number of hydrogen-bond donors (Lipinski definition) is 2. The van der Waals surface area contributed by atoms with Crippen LogP contribution in [-0.4, -0.2) is 21.4 Å². The Hall–Kier alpha value is -2.83. The molecular formula is C23H18BrClN2O3. The summed E-state index contributed by atoms with van der Waals surface area (Å²) in [7, 11) is 0. The number of phenols is 2. The van der Waals surface area contributed by atoms with Gasteiger partial charge in [-0.1, -0.05) is 23.7 Å². The molecule has 0 aliphatic carbocycles. The van der Waals surface area contributed by atoms with Crippen molar-refractivity contribution < 1.29 is 14.6 Å². The number of rotatable bonds is 3. The lowest BCUT2D eigenvalue weighted by molar-refractivity contribution is 0.470. The quantitative estimate of drug-likeness (QED) is 0.306. The zero-order chi connectivity index (χ0) is 21.6. The smallest absolute Gasteiger partial charge is 0.231 e. The summed E-state index contributed by atoms with van der Waals surface area (Å²) in [6.45, 7) is 5.61. The van der Waals surface area contributed by atoms with Crippen molar-refractivity contribution in [3.63, 3.8) is 0 Å². The number of aromatic hydroxyl groups is 2. The van der Waals surface area contributed by atoms with Gasteiger partial charge in [-0.25, -0.2) is 4.98 Å². The van der Waals surface area contributed by atoms with E-state index in [-0.39, 0.29) is 11.5 Å². The third-order valence-electron chi connectivity index (χ3n) is 5.03. The molecule has 4 rings (SSSR count). The van der Waals surface area contributed by atoms with Crippen LogP contribution in [0.2, 0.25) is 5.02 Å². The van der Waals surface area contributed by atoms with Gasteiger partial charge in [0.05, 0.1) is 15.7 Å². The Morgan fingerprint density at radius 2 is 1.87 bits per heavy atom. The predicted octanol–water partition coefficient (Wildman–Crippen LogP) is 7.00. The first-order chi connectivity index (χ1) is 14.3. The average molecular weight is 486 g/mol. The maximum Gasteiger partial charge on any atom is 0.231 e. The molecule has 5 nitrogen and oxygen atoms in total. The number of nitrogens with zero attached hydrogens (tertiary/aromatic N) is 2. The Balaban J connectivity index is 1.77. The lowest BCUT2D eigenvalue weighted by Crippen LogP contribution is -1.94. The second-order valence-electron chi connectivity index (χ2n) is 7.04. The molecule has 0 fully saturated rings. The van der Waals surface area contributed by atoms with Gasteiger partial charge in [0.2, 0.25) is 5.89 Å². The minimum absolute atomic E-state index is 0.0401. The van der Waals surface area contributed by atoms with Crippen LogP contribution in [0.15, 0.2) is 50.3 Å². The fourth-order valence-electron chi connectivity index (χ4n) is 3.24. The Labute approximate surface area is 186 Å². The fourth-order valence-corrected chi connectivity index (χ4v) is 3.97. The monoisotopic (exact) mass is 484 g/mol. The molecule has 0 aliphatic heterocycles. The number of halogens is 2. The first-order valence-electron chi connectivity index (χ1n) is 9.18. The van der Waals surface area contributed by atoms with Crippen LogP contribution < -0.4 is 0 Å². The highest BCUT2D eigenvalue weighted by atomic mass is 79.9. The van der Waals surface area contributed by atoms with E-state index in [1.807, 2.05) is 39.0 Å². The average Bonchev–Trinajstić information content (AvgIpc) is 3.17. The molecule has 7 heteroatoms. The van der Waals surface area contributed by atoms with Gasteiger partial charge in [-0.3, -0.25) is 4.99 Å². The first-order valence-corrected chi connectivity index (χ1v) is 10.4. The van der Waals surface area contributed by atoms with Crippen LogP contribution in [-0.2, 0) is 0 Å². The van der Waals surface area contributed by atoms with Crippen molar-refractivity contribution in [3.8, 4) is 23.0 Å². The third-order valence-corrected chi connectivity index (χ3v) is 6.57. The Kier molecular flexibility index (Phi) is 5.30. The van der Waals surface area contributed by atoms with E-state index in [1.54, 1.807) is 18.3 Å². The number of hydrogen-bond acceptors (Lipinski definition) is 5. The molecule has 0 saturated heterocycles. The van der Waals surface area contributed by atoms with E-state index in [1.165, 1.54) is 6.07 Å².